The van der Waals surface area contributed by atoms with Crippen molar-refractivity contribution in [3.8, 4) is 0 Å². The Bertz CT molecular complexity index is 221. The lowest BCUT2D eigenvalue weighted by Gasteiger charge is -2.34. The van der Waals surface area contributed by atoms with Crippen molar-refractivity contribution in [2.24, 2.45) is 11.7 Å². The van der Waals surface area contributed by atoms with Gasteiger partial charge in [0.05, 0.1) is 6.10 Å². The molecule has 0 saturated carbocycles. The van der Waals surface area contributed by atoms with Crippen LogP contribution in [0.1, 0.15) is 39.0 Å². The van der Waals surface area contributed by atoms with Crippen molar-refractivity contribution >= 4 is 5.91 Å². The first-order valence-electron chi connectivity index (χ1n) is 6.31. The van der Waals surface area contributed by atoms with Crippen LogP contribution >= 0.6 is 0 Å². The number of hydrogen-bond donors (Lipinski definition) is 2. The van der Waals surface area contributed by atoms with E-state index >= 15 is 0 Å². The van der Waals surface area contributed by atoms with Gasteiger partial charge in [-0.05, 0) is 31.7 Å². The minimum absolute atomic E-state index is 0.210. The molecule has 94 valence electrons. The van der Waals surface area contributed by atoms with E-state index in [0.29, 0.717) is 26.1 Å². The molecule has 2 unspecified atom stereocenters. The van der Waals surface area contributed by atoms with Gasteiger partial charge in [0.2, 0.25) is 5.91 Å². The van der Waals surface area contributed by atoms with E-state index in [2.05, 4.69) is 0 Å². The molecule has 0 aromatic rings. The Hall–Kier alpha value is -0.610. The summed E-state index contributed by atoms with van der Waals surface area (Å²) in [5.74, 6) is 0.442. The highest BCUT2D eigenvalue weighted by Gasteiger charge is 2.26. The van der Waals surface area contributed by atoms with Crippen LogP contribution in [0, 0.1) is 5.92 Å². The number of carbonyl (C=O) groups excluding carboxylic acids is 1. The highest BCUT2D eigenvalue weighted by atomic mass is 16.3. The number of nitrogens with two attached hydrogens (primary N) is 1. The second-order valence-electron chi connectivity index (χ2n) is 4.77. The van der Waals surface area contributed by atoms with Gasteiger partial charge in [-0.15, -0.1) is 0 Å². The molecule has 4 nitrogen and oxygen atoms in total. The van der Waals surface area contributed by atoms with E-state index in [-0.39, 0.29) is 17.9 Å². The van der Waals surface area contributed by atoms with Gasteiger partial charge in [-0.1, -0.05) is 13.3 Å². The van der Waals surface area contributed by atoms with E-state index < -0.39 is 0 Å². The first kappa shape index (κ1) is 13.5. The number of aliphatic hydroxyl groups excluding tert-OH is 1. The van der Waals surface area contributed by atoms with Crippen molar-refractivity contribution in [1.82, 2.24) is 4.90 Å². The number of likely N-dealkylation sites (tertiary alicyclic amines) is 1. The summed E-state index contributed by atoms with van der Waals surface area (Å²) in [6, 6.07) is 0. The Morgan fingerprint density at radius 3 is 2.81 bits per heavy atom. The molecule has 4 heteroatoms. The topological polar surface area (TPSA) is 66.6 Å². The summed E-state index contributed by atoms with van der Waals surface area (Å²) in [5.41, 5.74) is 5.40. The average Bonchev–Trinajstić information content (AvgIpc) is 2.28. The highest BCUT2D eigenvalue weighted by Crippen LogP contribution is 2.17. The Morgan fingerprint density at radius 1 is 1.44 bits per heavy atom. The van der Waals surface area contributed by atoms with Crippen LogP contribution in [0.25, 0.3) is 0 Å². The van der Waals surface area contributed by atoms with Crippen molar-refractivity contribution in [2.45, 2.75) is 45.1 Å². The molecule has 16 heavy (non-hydrogen) atoms. The third kappa shape index (κ3) is 4.10. The molecule has 0 bridgehead atoms. The lowest BCUT2D eigenvalue weighted by atomic mass is 9.96. The Balaban J connectivity index is 2.21. The molecule has 1 amide bonds. The Morgan fingerprint density at radius 2 is 2.19 bits per heavy atom. The van der Waals surface area contributed by atoms with Gasteiger partial charge in [-0.3, -0.25) is 4.79 Å². The summed E-state index contributed by atoms with van der Waals surface area (Å²) in [6.45, 7) is 4.12. The summed E-state index contributed by atoms with van der Waals surface area (Å²) in [7, 11) is 0. The maximum Gasteiger partial charge on any atom is 0.222 e. The standard InChI is InChI=1S/C12H24N2O2/c1-10-9-14(8-6-11(10)15)12(16)5-3-2-4-7-13/h10-11,15H,2-9,13H2,1H3. The van der Waals surface area contributed by atoms with Crippen LogP contribution < -0.4 is 5.73 Å². The van der Waals surface area contributed by atoms with E-state index in [1.165, 1.54) is 0 Å². The monoisotopic (exact) mass is 228 g/mol. The molecule has 0 aromatic carbocycles. The molecule has 1 fully saturated rings. The lowest BCUT2D eigenvalue weighted by Crippen LogP contribution is -2.44. The van der Waals surface area contributed by atoms with E-state index in [4.69, 9.17) is 5.73 Å². The summed E-state index contributed by atoms with van der Waals surface area (Å²) >= 11 is 0. The average molecular weight is 228 g/mol. The maximum atomic E-state index is 11.8. The fourth-order valence-corrected chi connectivity index (χ4v) is 2.12. The van der Waals surface area contributed by atoms with Crippen LogP contribution in [0.4, 0.5) is 0 Å². The van der Waals surface area contributed by atoms with Gasteiger partial charge >= 0.3 is 0 Å². The molecule has 0 radical (unpaired) electrons. The molecule has 1 aliphatic heterocycles. The molecule has 3 N–H and O–H groups in total. The third-order valence-electron chi connectivity index (χ3n) is 3.31. The molecule has 0 aromatic heterocycles. The molecular formula is C12H24N2O2. The highest BCUT2D eigenvalue weighted by molar-refractivity contribution is 5.76. The largest absolute Gasteiger partial charge is 0.393 e. The van der Waals surface area contributed by atoms with Gasteiger partial charge in [0.15, 0.2) is 0 Å². The molecule has 0 spiro atoms. The zero-order chi connectivity index (χ0) is 12.0. The van der Waals surface area contributed by atoms with Crippen molar-refractivity contribution < 1.29 is 9.90 Å². The van der Waals surface area contributed by atoms with E-state index in [0.717, 1.165) is 25.7 Å². The smallest absolute Gasteiger partial charge is 0.222 e. The Labute approximate surface area is 97.8 Å². The van der Waals surface area contributed by atoms with E-state index in [1.807, 2.05) is 11.8 Å². The third-order valence-corrected chi connectivity index (χ3v) is 3.31. The lowest BCUT2D eigenvalue weighted by molar-refractivity contribution is -0.134. The predicted molar refractivity (Wildman–Crippen MR) is 63.9 cm³/mol. The van der Waals surface area contributed by atoms with Gasteiger partial charge in [0.25, 0.3) is 0 Å². The minimum Gasteiger partial charge on any atom is -0.393 e. The molecule has 1 heterocycles. The van der Waals surface area contributed by atoms with Crippen LogP contribution in [-0.4, -0.2) is 41.7 Å². The summed E-state index contributed by atoms with van der Waals surface area (Å²) in [6.07, 6.45) is 4.08. The minimum atomic E-state index is -0.235. The predicted octanol–water partition coefficient (Wildman–Crippen LogP) is 0.735. The number of hydrogen-bond acceptors (Lipinski definition) is 3. The van der Waals surface area contributed by atoms with Gasteiger partial charge in [-0.25, -0.2) is 0 Å². The van der Waals surface area contributed by atoms with Gasteiger partial charge in [0, 0.05) is 19.5 Å². The van der Waals surface area contributed by atoms with Crippen molar-refractivity contribution in [3.05, 3.63) is 0 Å². The fraction of sp³-hybridized carbons (Fsp3) is 0.917. The van der Waals surface area contributed by atoms with Crippen molar-refractivity contribution in [1.29, 1.82) is 0 Å². The van der Waals surface area contributed by atoms with E-state index in [9.17, 15) is 9.90 Å². The molecule has 2 atom stereocenters. The second-order valence-corrected chi connectivity index (χ2v) is 4.77. The molecule has 0 aliphatic carbocycles. The van der Waals surface area contributed by atoms with Crippen LogP contribution in [0.5, 0.6) is 0 Å². The quantitative estimate of drug-likeness (QED) is 0.682. The first-order valence-corrected chi connectivity index (χ1v) is 6.31. The summed E-state index contributed by atoms with van der Waals surface area (Å²) in [5, 5.41) is 9.57. The SMILES string of the molecule is CC1CN(C(=O)CCCCCN)CCC1O. The Kier molecular flexibility index (Phi) is 5.77. The van der Waals surface area contributed by atoms with Crippen LogP contribution in [-0.2, 0) is 4.79 Å². The number of unbranched alkanes of at least 4 members (excludes halogenated alkanes) is 2. The van der Waals surface area contributed by atoms with E-state index in [1.54, 1.807) is 0 Å². The number of aliphatic hydroxyl groups is 1. The number of piperidine rings is 1. The van der Waals surface area contributed by atoms with Crippen molar-refractivity contribution in [3.63, 3.8) is 0 Å². The first-order chi connectivity index (χ1) is 7.65. The second kappa shape index (κ2) is 6.86. The summed E-state index contributed by atoms with van der Waals surface area (Å²) in [4.78, 5) is 13.7. The molecule has 1 saturated heterocycles. The number of carbonyl (C=O) groups is 1. The number of rotatable bonds is 5. The summed E-state index contributed by atoms with van der Waals surface area (Å²) < 4.78 is 0. The van der Waals surface area contributed by atoms with Crippen LogP contribution in [0.3, 0.4) is 0 Å². The zero-order valence-electron chi connectivity index (χ0n) is 10.2. The zero-order valence-corrected chi connectivity index (χ0v) is 10.2. The van der Waals surface area contributed by atoms with Crippen LogP contribution in [0.2, 0.25) is 0 Å². The van der Waals surface area contributed by atoms with Crippen molar-refractivity contribution in [2.75, 3.05) is 19.6 Å². The normalized spacial score (nSPS) is 25.8. The molecule has 1 rings (SSSR count). The van der Waals surface area contributed by atoms with Crippen LogP contribution in [0.15, 0.2) is 0 Å². The maximum absolute atomic E-state index is 11.8. The molecular weight excluding hydrogens is 204 g/mol. The van der Waals surface area contributed by atoms with Gasteiger partial charge in [0.1, 0.15) is 0 Å². The van der Waals surface area contributed by atoms with Gasteiger partial charge in [-0.2, -0.15) is 0 Å². The van der Waals surface area contributed by atoms with Gasteiger partial charge < -0.3 is 15.7 Å². The number of amides is 1. The molecule has 1 aliphatic rings. The fourth-order valence-electron chi connectivity index (χ4n) is 2.12. The number of nitrogens with zero attached hydrogens (tertiary/aromatic N) is 1.